The van der Waals surface area contributed by atoms with E-state index >= 15 is 0 Å². The minimum absolute atomic E-state index is 0.0170. The average Bonchev–Trinajstić information content (AvgIpc) is 3.61. The van der Waals surface area contributed by atoms with Crippen molar-refractivity contribution in [1.82, 2.24) is 0 Å². The first-order valence-electron chi connectivity index (χ1n) is 18.0. The third-order valence-electron chi connectivity index (χ3n) is 14.3. The van der Waals surface area contributed by atoms with Gasteiger partial charge in [-0.05, 0) is 86.5 Å². The summed E-state index contributed by atoms with van der Waals surface area (Å²) in [5.74, 6) is -0.00126. The van der Waals surface area contributed by atoms with Crippen LogP contribution in [-0.2, 0) is 28.5 Å². The number of aliphatic hydroxyl groups excluding tert-OH is 7. The molecular formula is C35H54O14. The van der Waals surface area contributed by atoms with Crippen LogP contribution < -0.4 is 0 Å². The van der Waals surface area contributed by atoms with Crippen molar-refractivity contribution in [3.05, 3.63) is 11.6 Å². The standard InChI is InChI=1S/C35H54O14/c1-15-30(49-32-28(42)26(40)25(39)22(13-36)48-32)27(41)29(43)31(46-15)47-18-11-17-4-5-21-20(34(17,3)23(37)12-18)6-8-33(2)19(7-9-35(21,33)44)16-10-24(38)45-14-16/h10,15,17-23,25-32,36-37,39-44H,4-9,11-14H2,1-3H3/t15-,17+,18+,19?,20?,21+,22+,23+,25+,26-,27-,28+,29+,30-,31-,32-,33+,34-,35-/m0/s1. The minimum Gasteiger partial charge on any atom is -0.458 e. The monoisotopic (exact) mass is 698 g/mol. The third kappa shape index (κ3) is 5.56. The molecule has 0 aromatic rings. The summed E-state index contributed by atoms with van der Waals surface area (Å²) >= 11 is 0. The summed E-state index contributed by atoms with van der Waals surface area (Å²) in [6.07, 6.45) is -7.99. The van der Waals surface area contributed by atoms with E-state index in [2.05, 4.69) is 13.8 Å². The van der Waals surface area contributed by atoms with Crippen molar-refractivity contribution in [3.8, 4) is 0 Å². The van der Waals surface area contributed by atoms with Gasteiger partial charge in [-0.3, -0.25) is 0 Å². The van der Waals surface area contributed by atoms with Crippen molar-refractivity contribution >= 4 is 5.97 Å². The molecule has 2 unspecified atom stereocenters. The number of fused-ring (bicyclic) bond motifs is 5. The van der Waals surface area contributed by atoms with Crippen molar-refractivity contribution in [2.24, 2.45) is 34.5 Å². The van der Waals surface area contributed by atoms with Gasteiger partial charge in [0, 0.05) is 17.9 Å². The Kier molecular flexibility index (Phi) is 9.57. The molecule has 6 fully saturated rings. The van der Waals surface area contributed by atoms with Crippen LogP contribution in [0, 0.1) is 34.5 Å². The summed E-state index contributed by atoms with van der Waals surface area (Å²) in [5.41, 5.74) is -0.752. The lowest BCUT2D eigenvalue weighted by Gasteiger charge is -2.64. The molecule has 7 rings (SSSR count). The number of carbonyl (C=O) groups is 1. The number of cyclic esters (lactones) is 1. The molecule has 4 saturated carbocycles. The Labute approximate surface area is 285 Å². The van der Waals surface area contributed by atoms with Crippen LogP contribution in [0.15, 0.2) is 11.6 Å². The minimum atomic E-state index is -1.69. The summed E-state index contributed by atoms with van der Waals surface area (Å²) in [4.78, 5) is 11.9. The van der Waals surface area contributed by atoms with Gasteiger partial charge in [-0.25, -0.2) is 4.79 Å². The van der Waals surface area contributed by atoms with Gasteiger partial charge in [0.2, 0.25) is 0 Å². The van der Waals surface area contributed by atoms with E-state index in [0.29, 0.717) is 25.9 Å². The van der Waals surface area contributed by atoms with Crippen molar-refractivity contribution in [2.75, 3.05) is 13.2 Å². The molecule has 0 aromatic carbocycles. The highest BCUT2D eigenvalue weighted by molar-refractivity contribution is 5.85. The van der Waals surface area contributed by atoms with Gasteiger partial charge in [-0.2, -0.15) is 0 Å². The molecule has 0 amide bonds. The second-order valence-electron chi connectivity index (χ2n) is 16.4. The number of esters is 1. The molecule has 278 valence electrons. The molecule has 7 aliphatic rings. The molecular weight excluding hydrogens is 644 g/mol. The fourth-order valence-corrected chi connectivity index (χ4v) is 11.4. The van der Waals surface area contributed by atoms with Gasteiger partial charge in [-0.15, -0.1) is 0 Å². The number of hydrogen-bond acceptors (Lipinski definition) is 14. The van der Waals surface area contributed by atoms with Crippen molar-refractivity contribution in [2.45, 2.75) is 151 Å². The third-order valence-corrected chi connectivity index (χ3v) is 14.3. The van der Waals surface area contributed by atoms with Crippen LogP contribution in [-0.4, -0.2) is 139 Å². The summed E-state index contributed by atoms with van der Waals surface area (Å²) in [5, 5.41) is 86.6. The molecule has 0 spiro atoms. The van der Waals surface area contributed by atoms with E-state index in [9.17, 15) is 45.6 Å². The van der Waals surface area contributed by atoms with Gasteiger partial charge in [-0.1, -0.05) is 13.8 Å². The summed E-state index contributed by atoms with van der Waals surface area (Å²) in [6, 6.07) is 0. The smallest absolute Gasteiger partial charge is 0.331 e. The Hall–Kier alpha value is -1.27. The van der Waals surface area contributed by atoms with Crippen LogP contribution in [0.5, 0.6) is 0 Å². The second kappa shape index (κ2) is 13.0. The Morgan fingerprint density at radius 1 is 0.837 bits per heavy atom. The predicted octanol–water partition coefficient (Wildman–Crippen LogP) is -0.749. The maximum absolute atomic E-state index is 12.5. The SMILES string of the molecule is C[C@@H]1O[C@@H](O[C@@H]2C[C@H]3CC[C@@H]4C(CC[C@]5(C)C(C6=CC(=O)OC6)CC[C@]45O)[C@@]3(C)[C@H](O)C2)[C@H](O)[C@H](O)[C@H]1O[C@@H]1O[C@H](CO)[C@@H](O)[C@H](O)[C@H]1O. The van der Waals surface area contributed by atoms with Gasteiger partial charge in [0.15, 0.2) is 12.6 Å². The Bertz CT molecular complexity index is 1280. The Morgan fingerprint density at radius 2 is 1.55 bits per heavy atom. The van der Waals surface area contributed by atoms with Gasteiger partial charge in [0.1, 0.15) is 49.3 Å². The largest absolute Gasteiger partial charge is 0.458 e. The van der Waals surface area contributed by atoms with Gasteiger partial charge in [0.25, 0.3) is 0 Å². The zero-order valence-corrected chi connectivity index (χ0v) is 28.4. The van der Waals surface area contributed by atoms with E-state index in [-0.39, 0.29) is 35.1 Å². The van der Waals surface area contributed by atoms with Crippen LogP contribution in [0.1, 0.15) is 72.1 Å². The normalized spacial score (nSPS) is 56.0. The van der Waals surface area contributed by atoms with Crippen molar-refractivity contribution < 1.29 is 69.3 Å². The van der Waals surface area contributed by atoms with E-state index in [0.717, 1.165) is 37.7 Å². The molecule has 3 aliphatic heterocycles. The van der Waals surface area contributed by atoms with Crippen LogP contribution in [0.25, 0.3) is 0 Å². The van der Waals surface area contributed by atoms with Crippen LogP contribution >= 0.6 is 0 Å². The molecule has 14 heteroatoms. The van der Waals surface area contributed by atoms with Crippen LogP contribution in [0.4, 0.5) is 0 Å². The lowest BCUT2D eigenvalue weighted by Crippen LogP contribution is -2.66. The number of carbonyl (C=O) groups excluding carboxylic acids is 1. The topological polar surface area (TPSA) is 225 Å². The predicted molar refractivity (Wildman–Crippen MR) is 167 cm³/mol. The number of rotatable bonds is 6. The van der Waals surface area contributed by atoms with Gasteiger partial charge >= 0.3 is 5.97 Å². The summed E-state index contributed by atoms with van der Waals surface area (Å²) < 4.78 is 28.6. The lowest BCUT2D eigenvalue weighted by atomic mass is 9.42. The average molecular weight is 699 g/mol. The highest BCUT2D eigenvalue weighted by atomic mass is 16.7. The highest BCUT2D eigenvalue weighted by Gasteiger charge is 2.69. The lowest BCUT2D eigenvalue weighted by molar-refractivity contribution is -0.361. The zero-order valence-electron chi connectivity index (χ0n) is 28.4. The maximum atomic E-state index is 12.5. The molecule has 19 atom stereocenters. The van der Waals surface area contributed by atoms with E-state index in [4.69, 9.17) is 23.7 Å². The van der Waals surface area contributed by atoms with Crippen LogP contribution in [0.3, 0.4) is 0 Å². The fourth-order valence-electron chi connectivity index (χ4n) is 11.4. The van der Waals surface area contributed by atoms with Crippen LogP contribution in [0.2, 0.25) is 0 Å². The number of ether oxygens (including phenoxy) is 5. The molecule has 49 heavy (non-hydrogen) atoms. The molecule has 0 radical (unpaired) electrons. The first-order valence-corrected chi connectivity index (χ1v) is 18.0. The maximum Gasteiger partial charge on any atom is 0.331 e. The highest BCUT2D eigenvalue weighted by Crippen LogP contribution is 2.70. The van der Waals surface area contributed by atoms with Crippen molar-refractivity contribution in [1.29, 1.82) is 0 Å². The molecule has 8 N–H and O–H groups in total. The van der Waals surface area contributed by atoms with E-state index in [1.807, 2.05) is 0 Å². The zero-order chi connectivity index (χ0) is 35.2. The van der Waals surface area contributed by atoms with E-state index in [1.165, 1.54) is 0 Å². The second-order valence-corrected chi connectivity index (χ2v) is 16.4. The Balaban J connectivity index is 1.00. The Morgan fingerprint density at radius 3 is 2.24 bits per heavy atom. The van der Waals surface area contributed by atoms with Crippen molar-refractivity contribution in [3.63, 3.8) is 0 Å². The molecule has 14 nitrogen and oxygen atoms in total. The summed E-state index contributed by atoms with van der Waals surface area (Å²) in [7, 11) is 0. The molecule has 3 heterocycles. The molecule has 0 bridgehead atoms. The molecule has 0 aromatic heterocycles. The quantitative estimate of drug-likeness (QED) is 0.126. The first kappa shape index (κ1) is 36.1. The number of aliphatic hydroxyl groups is 8. The van der Waals surface area contributed by atoms with Gasteiger partial charge < -0.3 is 64.5 Å². The number of hydrogen-bond donors (Lipinski definition) is 8. The van der Waals surface area contributed by atoms with E-state index < -0.39 is 91.2 Å². The van der Waals surface area contributed by atoms with E-state index in [1.54, 1.807) is 13.0 Å². The molecule has 2 saturated heterocycles. The molecule has 4 aliphatic carbocycles. The first-order chi connectivity index (χ1) is 23.1. The summed E-state index contributed by atoms with van der Waals surface area (Å²) in [6.45, 7) is 5.57. The fraction of sp³-hybridized carbons (Fsp3) is 0.914. The van der Waals surface area contributed by atoms with Gasteiger partial charge in [0.05, 0.1) is 30.5 Å².